The molecule has 5 heteroatoms. The first-order valence-corrected chi connectivity index (χ1v) is 7.93. The Kier molecular flexibility index (Phi) is 5.06. The van der Waals surface area contributed by atoms with Gasteiger partial charge in [-0.3, -0.25) is 4.68 Å². The van der Waals surface area contributed by atoms with E-state index in [1.54, 1.807) is 0 Å². The second-order valence-corrected chi connectivity index (χ2v) is 6.21. The molecule has 0 radical (unpaired) electrons. The first kappa shape index (κ1) is 16.0. The van der Waals surface area contributed by atoms with Gasteiger partial charge in [-0.2, -0.15) is 5.10 Å². The molecule has 0 bridgehead atoms. The second kappa shape index (κ2) is 6.62. The van der Waals surface area contributed by atoms with Crippen molar-refractivity contribution in [1.29, 1.82) is 0 Å². The summed E-state index contributed by atoms with van der Waals surface area (Å²) in [6.45, 7) is 6.05. The molecule has 0 saturated carbocycles. The Morgan fingerprint density at radius 2 is 2.10 bits per heavy atom. The van der Waals surface area contributed by atoms with E-state index >= 15 is 0 Å². The lowest BCUT2D eigenvalue weighted by atomic mass is 10.0. The van der Waals surface area contributed by atoms with Gasteiger partial charge in [-0.25, -0.2) is 0 Å². The quantitative estimate of drug-likeness (QED) is 0.889. The number of nitrogens with two attached hydrogens (primary N) is 1. The lowest BCUT2D eigenvalue weighted by Crippen LogP contribution is -2.21. The smallest absolute Gasteiger partial charge is 0.171 e. The molecule has 0 amide bonds. The summed E-state index contributed by atoms with van der Waals surface area (Å²) in [7, 11) is 1.92. The number of hydrogen-bond donors (Lipinski definition) is 1. The van der Waals surface area contributed by atoms with Crippen LogP contribution in [0.15, 0.2) is 22.7 Å². The average Bonchev–Trinajstić information content (AvgIpc) is 2.68. The summed E-state index contributed by atoms with van der Waals surface area (Å²) in [6.07, 6.45) is 1.83. The zero-order valence-electron chi connectivity index (χ0n) is 13.0. The van der Waals surface area contributed by atoms with E-state index in [9.17, 15) is 0 Å². The van der Waals surface area contributed by atoms with Crippen LogP contribution in [0.2, 0.25) is 0 Å². The molecule has 0 saturated heterocycles. The lowest BCUT2D eigenvalue weighted by molar-refractivity contribution is 0.473. The van der Waals surface area contributed by atoms with Crippen molar-refractivity contribution in [3.05, 3.63) is 39.6 Å². The van der Waals surface area contributed by atoms with Gasteiger partial charge in [0.15, 0.2) is 5.75 Å². The maximum atomic E-state index is 6.01. The Morgan fingerprint density at radius 3 is 2.62 bits per heavy atom. The van der Waals surface area contributed by atoms with Crippen molar-refractivity contribution >= 4 is 15.9 Å². The van der Waals surface area contributed by atoms with E-state index in [0.717, 1.165) is 40.2 Å². The number of ether oxygens (including phenoxy) is 1. The van der Waals surface area contributed by atoms with Crippen LogP contribution in [-0.2, 0) is 13.5 Å². The minimum Gasteiger partial charge on any atom is -0.453 e. The summed E-state index contributed by atoms with van der Waals surface area (Å²) >= 11 is 3.60. The highest BCUT2D eigenvalue weighted by molar-refractivity contribution is 9.10. The SMILES string of the molecule is CCC(N)Cc1ccc(Oc2c(C)nn(C)c2C)cc1Br. The first-order chi connectivity index (χ1) is 9.92. The zero-order chi connectivity index (χ0) is 15.6. The Bertz CT molecular complexity index is 637. The fourth-order valence-corrected chi connectivity index (χ4v) is 2.72. The molecular formula is C16H22BrN3O. The molecule has 2 aromatic rings. The molecule has 2 N–H and O–H groups in total. The monoisotopic (exact) mass is 351 g/mol. The van der Waals surface area contributed by atoms with E-state index in [0.29, 0.717) is 0 Å². The van der Waals surface area contributed by atoms with Crippen LogP contribution in [0, 0.1) is 13.8 Å². The molecule has 0 aliphatic heterocycles. The third-order valence-corrected chi connectivity index (χ3v) is 4.43. The third kappa shape index (κ3) is 3.66. The maximum Gasteiger partial charge on any atom is 0.171 e. The van der Waals surface area contributed by atoms with Gasteiger partial charge in [-0.05, 0) is 44.4 Å². The highest BCUT2D eigenvalue weighted by Crippen LogP contribution is 2.31. The minimum absolute atomic E-state index is 0.191. The van der Waals surface area contributed by atoms with E-state index < -0.39 is 0 Å². The molecule has 4 nitrogen and oxygen atoms in total. The van der Waals surface area contributed by atoms with E-state index in [1.807, 2.05) is 37.7 Å². The fourth-order valence-electron chi connectivity index (χ4n) is 2.20. The lowest BCUT2D eigenvalue weighted by Gasteiger charge is -2.12. The number of nitrogens with zero attached hydrogens (tertiary/aromatic N) is 2. The van der Waals surface area contributed by atoms with E-state index in [4.69, 9.17) is 10.5 Å². The Labute approximate surface area is 134 Å². The van der Waals surface area contributed by atoms with E-state index in [-0.39, 0.29) is 6.04 Å². The van der Waals surface area contributed by atoms with Crippen molar-refractivity contribution in [3.8, 4) is 11.5 Å². The van der Waals surface area contributed by atoms with Crippen molar-refractivity contribution in [1.82, 2.24) is 9.78 Å². The van der Waals surface area contributed by atoms with Crippen LogP contribution >= 0.6 is 15.9 Å². The van der Waals surface area contributed by atoms with Crippen molar-refractivity contribution in [2.45, 2.75) is 39.7 Å². The summed E-state index contributed by atoms with van der Waals surface area (Å²) in [5.74, 6) is 1.62. The fraction of sp³-hybridized carbons (Fsp3) is 0.438. The highest BCUT2D eigenvalue weighted by Gasteiger charge is 2.13. The molecule has 0 spiro atoms. The van der Waals surface area contributed by atoms with Crippen molar-refractivity contribution in [2.24, 2.45) is 12.8 Å². The maximum absolute atomic E-state index is 6.01. The van der Waals surface area contributed by atoms with Crippen LogP contribution in [0.3, 0.4) is 0 Å². The molecule has 1 aromatic carbocycles. The Hall–Kier alpha value is -1.33. The van der Waals surface area contributed by atoms with Gasteiger partial charge in [0.2, 0.25) is 0 Å². The third-order valence-electron chi connectivity index (χ3n) is 3.69. The molecule has 21 heavy (non-hydrogen) atoms. The van der Waals surface area contributed by atoms with Crippen LogP contribution in [0.1, 0.15) is 30.3 Å². The van der Waals surface area contributed by atoms with Gasteiger partial charge >= 0.3 is 0 Å². The number of benzene rings is 1. The van der Waals surface area contributed by atoms with E-state index in [1.165, 1.54) is 5.56 Å². The van der Waals surface area contributed by atoms with Crippen molar-refractivity contribution < 1.29 is 4.74 Å². The Morgan fingerprint density at radius 1 is 1.38 bits per heavy atom. The largest absolute Gasteiger partial charge is 0.453 e. The average molecular weight is 352 g/mol. The summed E-state index contributed by atoms with van der Waals surface area (Å²) in [5, 5.41) is 4.36. The standard InChI is InChI=1S/C16H22BrN3O/c1-5-13(18)8-12-6-7-14(9-15(12)17)21-16-10(2)19-20(4)11(16)3/h6-7,9,13H,5,8,18H2,1-4H3. The predicted octanol–water partition coefficient (Wildman–Crippen LogP) is 3.87. The molecule has 0 aliphatic rings. The van der Waals surface area contributed by atoms with Crippen LogP contribution in [0.25, 0.3) is 0 Å². The molecule has 1 unspecified atom stereocenters. The van der Waals surface area contributed by atoms with Gasteiger partial charge in [0.1, 0.15) is 11.4 Å². The van der Waals surface area contributed by atoms with Gasteiger partial charge in [0, 0.05) is 17.6 Å². The van der Waals surface area contributed by atoms with Gasteiger partial charge < -0.3 is 10.5 Å². The molecular weight excluding hydrogens is 330 g/mol. The van der Waals surface area contributed by atoms with Gasteiger partial charge in [-0.15, -0.1) is 0 Å². The highest BCUT2D eigenvalue weighted by atomic mass is 79.9. The summed E-state index contributed by atoms with van der Waals surface area (Å²) in [6, 6.07) is 6.23. The molecule has 0 fully saturated rings. The summed E-state index contributed by atoms with van der Waals surface area (Å²) < 4.78 is 8.84. The number of aromatic nitrogens is 2. The molecule has 0 aliphatic carbocycles. The van der Waals surface area contributed by atoms with Gasteiger partial charge in [0.05, 0.1) is 5.69 Å². The molecule has 1 aromatic heterocycles. The zero-order valence-corrected chi connectivity index (χ0v) is 14.6. The summed E-state index contributed by atoms with van der Waals surface area (Å²) in [5.41, 5.74) is 9.13. The normalized spacial score (nSPS) is 12.5. The second-order valence-electron chi connectivity index (χ2n) is 5.35. The van der Waals surface area contributed by atoms with Gasteiger partial charge in [0.25, 0.3) is 0 Å². The van der Waals surface area contributed by atoms with Crippen molar-refractivity contribution in [3.63, 3.8) is 0 Å². The first-order valence-electron chi connectivity index (χ1n) is 7.14. The topological polar surface area (TPSA) is 53.1 Å². The minimum atomic E-state index is 0.191. The van der Waals surface area contributed by atoms with Gasteiger partial charge in [-0.1, -0.05) is 28.9 Å². The predicted molar refractivity (Wildman–Crippen MR) is 88.9 cm³/mol. The number of hydrogen-bond acceptors (Lipinski definition) is 3. The number of aryl methyl sites for hydroxylation is 2. The van der Waals surface area contributed by atoms with Crippen LogP contribution < -0.4 is 10.5 Å². The van der Waals surface area contributed by atoms with Crippen LogP contribution in [-0.4, -0.2) is 15.8 Å². The number of halogens is 1. The Balaban J connectivity index is 2.20. The van der Waals surface area contributed by atoms with Crippen molar-refractivity contribution in [2.75, 3.05) is 0 Å². The summed E-state index contributed by atoms with van der Waals surface area (Å²) in [4.78, 5) is 0. The molecule has 114 valence electrons. The molecule has 2 rings (SSSR count). The van der Waals surface area contributed by atoms with Crippen LogP contribution in [0.5, 0.6) is 11.5 Å². The van der Waals surface area contributed by atoms with Crippen LogP contribution in [0.4, 0.5) is 0 Å². The number of rotatable bonds is 5. The molecule has 1 atom stereocenters. The van der Waals surface area contributed by atoms with E-state index in [2.05, 4.69) is 34.0 Å². The molecule has 1 heterocycles.